The first-order valence-electron chi connectivity index (χ1n) is 10.0. The lowest BCUT2D eigenvalue weighted by molar-refractivity contribution is -0.148. The van der Waals surface area contributed by atoms with E-state index >= 15 is 0 Å². The molecule has 1 atom stereocenters. The number of carboxylic acid groups (broad SMARTS) is 2. The number of ether oxygens (including phenoxy) is 1. The Hall–Kier alpha value is -4.46. The average molecular weight is 505 g/mol. The first-order chi connectivity index (χ1) is 16.5. The van der Waals surface area contributed by atoms with E-state index in [0.29, 0.717) is 5.00 Å². The monoisotopic (exact) mass is 504 g/mol. The van der Waals surface area contributed by atoms with E-state index in [4.69, 9.17) is 37.6 Å². The maximum Gasteiger partial charge on any atom is 0.372 e. The van der Waals surface area contributed by atoms with Gasteiger partial charge in [0, 0.05) is 24.0 Å². The van der Waals surface area contributed by atoms with Crippen LogP contribution in [0.5, 0.6) is 5.75 Å². The number of carbonyl (C=O) groups excluding carboxylic acids is 2. The van der Waals surface area contributed by atoms with Gasteiger partial charge in [-0.3, -0.25) is 19.8 Å². The van der Waals surface area contributed by atoms with Crippen molar-refractivity contribution in [2.24, 2.45) is 22.2 Å². The third kappa shape index (κ3) is 8.43. The van der Waals surface area contributed by atoms with Crippen LogP contribution in [0.25, 0.3) is 0 Å². The summed E-state index contributed by atoms with van der Waals surface area (Å²) < 4.78 is 5.74. The van der Waals surface area contributed by atoms with Crippen molar-refractivity contribution in [1.82, 2.24) is 5.32 Å². The molecule has 1 aromatic carbocycles. The second kappa shape index (κ2) is 12.1. The van der Waals surface area contributed by atoms with Gasteiger partial charge in [0.2, 0.25) is 5.78 Å². The fraction of sp³-hybridized carbons (Fsp3) is 0.238. The van der Waals surface area contributed by atoms with Crippen molar-refractivity contribution in [3.63, 3.8) is 0 Å². The molecule has 2 rings (SSSR count). The Balaban J connectivity index is 2.22. The highest BCUT2D eigenvalue weighted by atomic mass is 32.1. The molecule has 35 heavy (non-hydrogen) atoms. The zero-order valence-electron chi connectivity index (χ0n) is 18.3. The van der Waals surface area contributed by atoms with E-state index in [1.807, 2.05) is 0 Å². The molecule has 0 spiro atoms. The molecule has 1 amide bonds. The molecule has 10 N–H and O–H groups in total. The van der Waals surface area contributed by atoms with Gasteiger partial charge in [-0.05, 0) is 24.6 Å². The zero-order chi connectivity index (χ0) is 26.1. The Bertz CT molecular complexity index is 1170. The molecular formula is C21H24N6O7S. The fourth-order valence-electron chi connectivity index (χ4n) is 2.83. The molecule has 13 nitrogen and oxygen atoms in total. The standard InChI is InChI=1S/C21H24N6O7S/c22-18(23)11-2-1-10(7-13(28)20(32)33)14(8-11)34-9-12(3-6-17(29)30)26-19(31)15-4-5-16(35-15)27-21(24)25/h1-2,4-5,8,12H,3,6-7,9H2,(H3,22,23)(H,26,31)(H,29,30)(H,32,33)(H4,24,25,27). The van der Waals surface area contributed by atoms with Gasteiger partial charge in [0.05, 0.1) is 10.9 Å². The smallest absolute Gasteiger partial charge is 0.372 e. The first-order valence-corrected chi connectivity index (χ1v) is 10.9. The second-order valence-corrected chi connectivity index (χ2v) is 8.29. The number of carbonyl (C=O) groups is 4. The van der Waals surface area contributed by atoms with E-state index in [1.165, 1.54) is 24.3 Å². The number of aliphatic carboxylic acids is 2. The minimum Gasteiger partial charge on any atom is -0.491 e. The Morgan fingerprint density at radius 2 is 1.83 bits per heavy atom. The van der Waals surface area contributed by atoms with Gasteiger partial charge in [0.1, 0.15) is 23.2 Å². The lowest BCUT2D eigenvalue weighted by Crippen LogP contribution is -2.39. The van der Waals surface area contributed by atoms with Gasteiger partial charge >= 0.3 is 11.9 Å². The number of aliphatic imine (C=N–C) groups is 1. The van der Waals surface area contributed by atoms with Crippen molar-refractivity contribution in [3.05, 3.63) is 46.3 Å². The molecule has 0 saturated heterocycles. The van der Waals surface area contributed by atoms with Gasteiger partial charge in [-0.25, -0.2) is 9.79 Å². The number of nitrogens with two attached hydrogens (primary N) is 3. The summed E-state index contributed by atoms with van der Waals surface area (Å²) in [4.78, 5) is 50.5. The SMILES string of the molecule is N=C(N)c1ccc(CC(=O)C(=O)O)c(OCC(CCC(=O)O)NC(=O)c2ccc(N=C(N)N)s2)c1. The maximum absolute atomic E-state index is 12.7. The number of nitrogens with zero attached hydrogens (tertiary/aromatic N) is 1. The first kappa shape index (κ1) is 26.8. The molecule has 0 saturated carbocycles. The van der Waals surface area contributed by atoms with Crippen LogP contribution in [0, 0.1) is 5.41 Å². The van der Waals surface area contributed by atoms with Gasteiger partial charge in [-0.2, -0.15) is 0 Å². The summed E-state index contributed by atoms with van der Waals surface area (Å²) in [6.45, 7) is -0.208. The summed E-state index contributed by atoms with van der Waals surface area (Å²) in [5, 5.41) is 28.6. The topological polar surface area (TPSA) is 244 Å². The van der Waals surface area contributed by atoms with E-state index in [-0.39, 0.29) is 53.0 Å². The second-order valence-electron chi connectivity index (χ2n) is 7.23. The van der Waals surface area contributed by atoms with Crippen molar-refractivity contribution < 1.29 is 34.1 Å². The molecular weight excluding hydrogens is 480 g/mol. The molecule has 0 aliphatic rings. The van der Waals surface area contributed by atoms with E-state index in [2.05, 4.69) is 10.3 Å². The lowest BCUT2D eigenvalue weighted by Gasteiger charge is -2.20. The van der Waals surface area contributed by atoms with Crippen LogP contribution in [0.2, 0.25) is 0 Å². The molecule has 0 fully saturated rings. The Morgan fingerprint density at radius 1 is 1.11 bits per heavy atom. The summed E-state index contributed by atoms with van der Waals surface area (Å²) in [7, 11) is 0. The van der Waals surface area contributed by atoms with Crippen LogP contribution in [0.15, 0.2) is 35.3 Å². The summed E-state index contributed by atoms with van der Waals surface area (Å²) in [5.41, 5.74) is 16.7. The molecule has 2 aromatic rings. The van der Waals surface area contributed by atoms with Crippen molar-refractivity contribution in [3.8, 4) is 5.75 Å². The number of carboxylic acids is 2. The average Bonchev–Trinajstić information content (AvgIpc) is 3.23. The highest BCUT2D eigenvalue weighted by Crippen LogP contribution is 2.25. The molecule has 0 radical (unpaired) electrons. The van der Waals surface area contributed by atoms with E-state index < -0.39 is 36.1 Å². The number of hydrogen-bond donors (Lipinski definition) is 7. The number of benzene rings is 1. The summed E-state index contributed by atoms with van der Waals surface area (Å²) in [6, 6.07) is 6.49. The number of ketones is 1. The van der Waals surface area contributed by atoms with Crippen LogP contribution < -0.4 is 27.3 Å². The fourth-order valence-corrected chi connectivity index (χ4v) is 3.63. The highest BCUT2D eigenvalue weighted by molar-refractivity contribution is 7.17. The van der Waals surface area contributed by atoms with Crippen LogP contribution in [-0.4, -0.2) is 58.3 Å². The number of nitrogen functional groups attached to an aromatic ring is 1. The molecule has 0 bridgehead atoms. The van der Waals surface area contributed by atoms with Crippen molar-refractivity contribution in [2.75, 3.05) is 6.61 Å². The number of guanidine groups is 1. The Kier molecular flexibility index (Phi) is 9.28. The van der Waals surface area contributed by atoms with Crippen LogP contribution in [0.4, 0.5) is 5.00 Å². The normalized spacial score (nSPS) is 11.2. The number of nitrogens with one attached hydrogen (secondary N) is 2. The van der Waals surface area contributed by atoms with E-state index in [9.17, 15) is 19.2 Å². The number of thiophene rings is 1. The molecule has 14 heteroatoms. The van der Waals surface area contributed by atoms with Crippen molar-refractivity contribution in [2.45, 2.75) is 25.3 Å². The molecule has 186 valence electrons. The predicted octanol–water partition coefficient (Wildman–Crippen LogP) is 0.175. The number of hydrogen-bond acceptors (Lipinski definition) is 8. The molecule has 1 aromatic heterocycles. The van der Waals surface area contributed by atoms with Crippen molar-refractivity contribution >= 4 is 51.8 Å². The van der Waals surface area contributed by atoms with Crippen LogP contribution in [-0.2, 0) is 20.8 Å². The minimum absolute atomic E-state index is 0.0169. The Labute approximate surface area is 203 Å². The molecule has 1 unspecified atom stereocenters. The van der Waals surface area contributed by atoms with Gasteiger partial charge < -0.3 is 37.5 Å². The van der Waals surface area contributed by atoms with E-state index in [0.717, 1.165) is 11.3 Å². The lowest BCUT2D eigenvalue weighted by atomic mass is 10.0. The van der Waals surface area contributed by atoms with Gasteiger partial charge in [-0.15, -0.1) is 11.3 Å². The third-order valence-electron chi connectivity index (χ3n) is 4.50. The van der Waals surface area contributed by atoms with Crippen LogP contribution in [0.1, 0.15) is 33.6 Å². The van der Waals surface area contributed by atoms with Gasteiger partial charge in [0.25, 0.3) is 5.91 Å². The Morgan fingerprint density at radius 3 is 2.43 bits per heavy atom. The van der Waals surface area contributed by atoms with Gasteiger partial charge in [-0.1, -0.05) is 12.1 Å². The van der Waals surface area contributed by atoms with Crippen molar-refractivity contribution in [1.29, 1.82) is 5.41 Å². The number of Topliss-reactive ketones (excluding diaryl/α,β-unsaturated/α-hetero) is 1. The molecule has 1 heterocycles. The summed E-state index contributed by atoms with van der Waals surface area (Å²) in [6.07, 6.45) is -0.726. The summed E-state index contributed by atoms with van der Waals surface area (Å²) >= 11 is 1.02. The van der Waals surface area contributed by atoms with Crippen LogP contribution in [0.3, 0.4) is 0 Å². The number of rotatable bonds is 13. The van der Waals surface area contributed by atoms with Gasteiger partial charge in [0.15, 0.2) is 5.96 Å². The number of amides is 1. The third-order valence-corrected chi connectivity index (χ3v) is 5.48. The quantitative estimate of drug-likeness (QED) is 0.111. The maximum atomic E-state index is 12.7. The zero-order valence-corrected chi connectivity index (χ0v) is 19.1. The number of amidine groups is 1. The van der Waals surface area contributed by atoms with E-state index in [1.54, 1.807) is 6.07 Å². The highest BCUT2D eigenvalue weighted by Gasteiger charge is 2.20. The largest absolute Gasteiger partial charge is 0.491 e. The predicted molar refractivity (Wildman–Crippen MR) is 127 cm³/mol. The minimum atomic E-state index is -1.62. The molecule has 0 aliphatic carbocycles. The summed E-state index contributed by atoms with van der Waals surface area (Å²) in [5.74, 6) is -4.66. The molecule has 0 aliphatic heterocycles. The van der Waals surface area contributed by atoms with Crippen LogP contribution >= 0.6 is 11.3 Å².